The smallest absolute Gasteiger partial charge is 0.309 e. The second kappa shape index (κ2) is 6.08. The van der Waals surface area contributed by atoms with Gasteiger partial charge in [-0.3, -0.25) is 4.79 Å². The Morgan fingerprint density at radius 3 is 2.67 bits per heavy atom. The molecule has 0 unspecified atom stereocenters. The first-order chi connectivity index (χ1) is 7.13. The lowest BCUT2D eigenvalue weighted by Gasteiger charge is -2.33. The van der Waals surface area contributed by atoms with E-state index in [0.29, 0.717) is 25.7 Å². The molecule has 0 saturated heterocycles. The van der Waals surface area contributed by atoms with Gasteiger partial charge in [0.15, 0.2) is 0 Å². The highest BCUT2D eigenvalue weighted by atomic mass is 16.5. The summed E-state index contributed by atoms with van der Waals surface area (Å²) in [6.45, 7) is 5.70. The van der Waals surface area contributed by atoms with Crippen molar-refractivity contribution in [3.63, 3.8) is 0 Å². The maximum absolute atomic E-state index is 11.4. The zero-order chi connectivity index (χ0) is 11.3. The summed E-state index contributed by atoms with van der Waals surface area (Å²) in [5, 5.41) is 0. The Balaban J connectivity index is 2.07. The number of nitrogens with two attached hydrogens (primary N) is 1. The summed E-state index contributed by atoms with van der Waals surface area (Å²) in [5.41, 5.74) is 5.31. The third kappa shape index (κ3) is 4.18. The number of carbonyl (C=O) groups excluding carboxylic acids is 1. The molecule has 1 saturated carbocycles. The highest BCUT2D eigenvalue weighted by Gasteiger charge is 2.36. The molecule has 1 aliphatic rings. The lowest BCUT2D eigenvalue weighted by Crippen LogP contribution is -2.38. The molecule has 0 aromatic carbocycles. The van der Waals surface area contributed by atoms with E-state index in [4.69, 9.17) is 15.2 Å². The largest absolute Gasteiger partial charge is 0.465 e. The summed E-state index contributed by atoms with van der Waals surface area (Å²) >= 11 is 0. The number of esters is 1. The van der Waals surface area contributed by atoms with Crippen LogP contribution in [-0.4, -0.2) is 31.8 Å². The van der Waals surface area contributed by atoms with Crippen LogP contribution in [0.15, 0.2) is 0 Å². The van der Waals surface area contributed by atoms with Crippen LogP contribution >= 0.6 is 0 Å². The van der Waals surface area contributed by atoms with Gasteiger partial charge in [-0.25, -0.2) is 0 Å². The van der Waals surface area contributed by atoms with Crippen LogP contribution in [0.4, 0.5) is 0 Å². The van der Waals surface area contributed by atoms with Gasteiger partial charge in [-0.05, 0) is 18.8 Å². The van der Waals surface area contributed by atoms with Crippen molar-refractivity contribution in [1.29, 1.82) is 0 Å². The molecule has 15 heavy (non-hydrogen) atoms. The first-order valence-corrected chi connectivity index (χ1v) is 5.61. The average Bonchev–Trinajstić information content (AvgIpc) is 2.12. The van der Waals surface area contributed by atoms with Gasteiger partial charge in [-0.1, -0.05) is 13.8 Å². The molecular weight excluding hydrogens is 194 g/mol. The molecule has 0 atom stereocenters. The molecule has 0 bridgehead atoms. The number of hydrogen-bond donors (Lipinski definition) is 1. The Labute approximate surface area is 91.1 Å². The van der Waals surface area contributed by atoms with E-state index in [1.807, 2.05) is 13.8 Å². The van der Waals surface area contributed by atoms with Crippen LogP contribution in [0.5, 0.6) is 0 Å². The van der Waals surface area contributed by atoms with Crippen LogP contribution < -0.4 is 5.73 Å². The topological polar surface area (TPSA) is 61.5 Å². The number of ether oxygens (including phenoxy) is 2. The third-order valence-electron chi connectivity index (χ3n) is 2.46. The Morgan fingerprint density at radius 2 is 2.13 bits per heavy atom. The van der Waals surface area contributed by atoms with E-state index in [-0.39, 0.29) is 18.0 Å². The van der Waals surface area contributed by atoms with Crippen LogP contribution in [0.25, 0.3) is 0 Å². The molecule has 4 nitrogen and oxygen atoms in total. The molecule has 88 valence electrons. The fraction of sp³-hybridized carbons (Fsp3) is 0.909. The molecular formula is C11H21NO3. The number of carbonyl (C=O) groups is 1. The van der Waals surface area contributed by atoms with Gasteiger partial charge in [0.1, 0.15) is 0 Å². The minimum atomic E-state index is -0.0729. The molecule has 1 fully saturated rings. The van der Waals surface area contributed by atoms with Crippen LogP contribution in [-0.2, 0) is 14.3 Å². The number of hydrogen-bond acceptors (Lipinski definition) is 4. The van der Waals surface area contributed by atoms with Gasteiger partial charge in [-0.2, -0.15) is 0 Å². The molecule has 1 aliphatic carbocycles. The van der Waals surface area contributed by atoms with E-state index in [2.05, 4.69) is 0 Å². The maximum Gasteiger partial charge on any atom is 0.309 e. The molecule has 0 aliphatic heterocycles. The zero-order valence-electron chi connectivity index (χ0n) is 9.57. The minimum absolute atomic E-state index is 0.0477. The van der Waals surface area contributed by atoms with Crippen molar-refractivity contribution >= 4 is 5.97 Å². The summed E-state index contributed by atoms with van der Waals surface area (Å²) < 4.78 is 10.5. The molecule has 1 rings (SSSR count). The first kappa shape index (κ1) is 12.5. The van der Waals surface area contributed by atoms with Crippen molar-refractivity contribution in [3.8, 4) is 0 Å². The second-order valence-electron chi connectivity index (χ2n) is 4.47. The molecule has 0 spiro atoms. The lowest BCUT2D eigenvalue weighted by molar-refractivity contribution is -0.158. The quantitative estimate of drug-likeness (QED) is 0.670. The van der Waals surface area contributed by atoms with Gasteiger partial charge in [-0.15, -0.1) is 0 Å². The van der Waals surface area contributed by atoms with E-state index in [1.165, 1.54) is 0 Å². The van der Waals surface area contributed by atoms with Gasteiger partial charge in [0.25, 0.3) is 0 Å². The first-order valence-electron chi connectivity index (χ1n) is 5.61. The van der Waals surface area contributed by atoms with E-state index in [1.54, 1.807) is 0 Å². The molecule has 0 aromatic heterocycles. The molecule has 0 amide bonds. The van der Waals surface area contributed by atoms with Gasteiger partial charge < -0.3 is 15.2 Å². The average molecular weight is 215 g/mol. The lowest BCUT2D eigenvalue weighted by atomic mass is 9.82. The minimum Gasteiger partial charge on any atom is -0.465 e. The Bertz CT molecular complexity index is 200. The third-order valence-corrected chi connectivity index (χ3v) is 2.46. The van der Waals surface area contributed by atoms with Crippen molar-refractivity contribution < 1.29 is 14.3 Å². The standard InChI is InChI=1S/C11H21NO3/c1-8(2)7-15-11(13)9-5-10(6-9)14-4-3-12/h8-10H,3-7,12H2,1-2H3/t9-,10+. The molecule has 0 aromatic rings. The summed E-state index contributed by atoms with van der Waals surface area (Å²) in [4.78, 5) is 11.4. The summed E-state index contributed by atoms with van der Waals surface area (Å²) in [5.74, 6) is 0.376. The summed E-state index contributed by atoms with van der Waals surface area (Å²) in [6, 6.07) is 0. The van der Waals surface area contributed by atoms with E-state index in [0.717, 1.165) is 12.8 Å². The normalized spacial score (nSPS) is 25.1. The van der Waals surface area contributed by atoms with Crippen molar-refractivity contribution in [2.45, 2.75) is 32.8 Å². The van der Waals surface area contributed by atoms with Crippen LogP contribution in [0.2, 0.25) is 0 Å². The van der Waals surface area contributed by atoms with Crippen LogP contribution in [0, 0.1) is 11.8 Å². The molecule has 2 N–H and O–H groups in total. The van der Waals surface area contributed by atoms with E-state index in [9.17, 15) is 4.79 Å². The van der Waals surface area contributed by atoms with E-state index >= 15 is 0 Å². The zero-order valence-corrected chi connectivity index (χ0v) is 9.57. The van der Waals surface area contributed by atoms with Gasteiger partial charge in [0, 0.05) is 6.54 Å². The molecule has 0 radical (unpaired) electrons. The van der Waals surface area contributed by atoms with Crippen molar-refractivity contribution in [3.05, 3.63) is 0 Å². The fourth-order valence-corrected chi connectivity index (χ4v) is 1.50. The SMILES string of the molecule is CC(C)COC(=O)[C@H]1C[C@@H](OCCN)C1. The Morgan fingerprint density at radius 1 is 1.47 bits per heavy atom. The monoisotopic (exact) mass is 215 g/mol. The molecule has 4 heteroatoms. The summed E-state index contributed by atoms with van der Waals surface area (Å²) in [6.07, 6.45) is 1.79. The van der Waals surface area contributed by atoms with Crippen molar-refractivity contribution in [2.75, 3.05) is 19.8 Å². The maximum atomic E-state index is 11.4. The fourth-order valence-electron chi connectivity index (χ4n) is 1.50. The molecule has 0 heterocycles. The second-order valence-corrected chi connectivity index (χ2v) is 4.47. The van der Waals surface area contributed by atoms with Gasteiger partial charge in [0.2, 0.25) is 0 Å². The highest BCUT2D eigenvalue weighted by Crippen LogP contribution is 2.31. The Kier molecular flexibility index (Phi) is 5.05. The Hall–Kier alpha value is -0.610. The van der Waals surface area contributed by atoms with Crippen molar-refractivity contribution in [2.24, 2.45) is 17.6 Å². The predicted molar refractivity (Wildman–Crippen MR) is 57.3 cm³/mol. The predicted octanol–water partition coefficient (Wildman–Crippen LogP) is 0.940. The van der Waals surface area contributed by atoms with Gasteiger partial charge in [0.05, 0.1) is 25.2 Å². The van der Waals surface area contributed by atoms with Crippen molar-refractivity contribution in [1.82, 2.24) is 0 Å². The number of rotatable bonds is 6. The highest BCUT2D eigenvalue weighted by molar-refractivity contribution is 5.73. The summed E-state index contributed by atoms with van der Waals surface area (Å²) in [7, 11) is 0. The van der Waals surface area contributed by atoms with Gasteiger partial charge >= 0.3 is 5.97 Å². The van der Waals surface area contributed by atoms with Crippen LogP contribution in [0.1, 0.15) is 26.7 Å². The van der Waals surface area contributed by atoms with E-state index < -0.39 is 0 Å². The van der Waals surface area contributed by atoms with Crippen LogP contribution in [0.3, 0.4) is 0 Å².